The fourth-order valence-electron chi connectivity index (χ4n) is 4.34. The zero-order valence-corrected chi connectivity index (χ0v) is 22.2. The summed E-state index contributed by atoms with van der Waals surface area (Å²) in [6.45, 7) is 3.35. The Bertz CT molecular complexity index is 1550. The van der Waals surface area contributed by atoms with Crippen LogP contribution in [0.3, 0.4) is 0 Å². The van der Waals surface area contributed by atoms with Gasteiger partial charge >= 0.3 is 12.0 Å². The molecule has 0 spiro atoms. The van der Waals surface area contributed by atoms with Crippen LogP contribution in [-0.2, 0) is 20.9 Å². The van der Waals surface area contributed by atoms with E-state index in [-0.39, 0.29) is 31.1 Å². The zero-order valence-electron chi connectivity index (χ0n) is 22.2. The van der Waals surface area contributed by atoms with Gasteiger partial charge < -0.3 is 29.4 Å². The summed E-state index contributed by atoms with van der Waals surface area (Å²) in [6, 6.07) is 13.3. The number of nitrogens with one attached hydrogen (secondary N) is 3. The molecule has 0 bridgehead atoms. The maximum atomic E-state index is 12.6. The number of ether oxygens (including phenoxy) is 3. The Morgan fingerprint density at radius 2 is 2.02 bits per heavy atom. The molecule has 2 heterocycles. The molecule has 0 fully saturated rings. The Hall–Kier alpha value is -5.31. The van der Waals surface area contributed by atoms with Gasteiger partial charge in [0.2, 0.25) is 0 Å². The monoisotopic (exact) mass is 544 g/mol. The maximum Gasteiger partial charge on any atom is 0.338 e. The molecule has 0 aliphatic carbocycles. The number of carbonyl (C=O) groups excluding carboxylic acids is 3. The minimum atomic E-state index is -0.771. The summed E-state index contributed by atoms with van der Waals surface area (Å²) in [5.41, 5.74) is 5.28. The van der Waals surface area contributed by atoms with Crippen LogP contribution < -0.4 is 25.5 Å². The Morgan fingerprint density at radius 3 is 2.77 bits per heavy atom. The van der Waals surface area contributed by atoms with E-state index in [1.807, 2.05) is 24.3 Å². The number of aromatic nitrogens is 1. The number of fused-ring (bicyclic) bond motifs is 1. The first-order valence-corrected chi connectivity index (χ1v) is 12.4. The number of benzene rings is 2. The smallest absolute Gasteiger partial charge is 0.338 e. The van der Waals surface area contributed by atoms with Gasteiger partial charge in [-0.05, 0) is 37.6 Å². The molecule has 3 amide bonds. The molecule has 4 rings (SSSR count). The van der Waals surface area contributed by atoms with Crippen LogP contribution in [0, 0.1) is 11.3 Å². The molecule has 3 N–H and O–H groups in total. The first kappa shape index (κ1) is 27.7. The normalized spacial score (nSPS) is 14.8. The van der Waals surface area contributed by atoms with E-state index in [2.05, 4.69) is 27.2 Å². The first-order chi connectivity index (χ1) is 19.4. The molecule has 1 atom stereocenters. The second-order valence-electron chi connectivity index (χ2n) is 8.67. The first-order valence-electron chi connectivity index (χ1n) is 12.4. The van der Waals surface area contributed by atoms with Crippen molar-refractivity contribution in [1.29, 1.82) is 5.26 Å². The van der Waals surface area contributed by atoms with Crippen molar-refractivity contribution in [2.45, 2.75) is 26.4 Å². The Labute approximate surface area is 230 Å². The lowest BCUT2D eigenvalue weighted by molar-refractivity contribution is -0.139. The van der Waals surface area contributed by atoms with Crippen molar-refractivity contribution >= 4 is 35.0 Å². The van der Waals surface area contributed by atoms with Crippen LogP contribution >= 0.6 is 0 Å². The molecule has 0 unspecified atom stereocenters. The summed E-state index contributed by atoms with van der Waals surface area (Å²) in [5.74, 6) is -0.475. The molecule has 1 aliphatic rings. The number of urea groups is 1. The average molecular weight is 545 g/mol. The molecule has 40 heavy (non-hydrogen) atoms. The lowest BCUT2D eigenvalue weighted by Gasteiger charge is -2.28. The van der Waals surface area contributed by atoms with Gasteiger partial charge in [-0.2, -0.15) is 10.4 Å². The van der Waals surface area contributed by atoms with Gasteiger partial charge in [-0.15, -0.1) is 0 Å². The van der Waals surface area contributed by atoms with E-state index >= 15 is 0 Å². The molecule has 3 aromatic rings. The number of amides is 3. The van der Waals surface area contributed by atoms with E-state index in [0.717, 1.165) is 16.5 Å². The van der Waals surface area contributed by atoms with Gasteiger partial charge in [0, 0.05) is 28.4 Å². The van der Waals surface area contributed by atoms with Crippen molar-refractivity contribution in [3.8, 4) is 17.6 Å². The van der Waals surface area contributed by atoms with Gasteiger partial charge in [0.1, 0.15) is 6.54 Å². The van der Waals surface area contributed by atoms with E-state index in [4.69, 9.17) is 19.5 Å². The van der Waals surface area contributed by atoms with Crippen molar-refractivity contribution in [3.05, 3.63) is 71.1 Å². The number of allylic oxidation sites excluding steroid dienone is 1. The maximum absolute atomic E-state index is 12.6. The number of para-hydroxylation sites is 1. The van der Waals surface area contributed by atoms with Gasteiger partial charge in [0.15, 0.2) is 18.1 Å². The van der Waals surface area contributed by atoms with Crippen molar-refractivity contribution in [2.75, 3.05) is 20.3 Å². The van der Waals surface area contributed by atoms with Crippen LogP contribution in [-0.4, -0.2) is 49.0 Å². The van der Waals surface area contributed by atoms with Crippen molar-refractivity contribution in [2.24, 2.45) is 5.10 Å². The number of hydrogen-bond donors (Lipinski definition) is 3. The summed E-state index contributed by atoms with van der Waals surface area (Å²) in [5, 5.41) is 19.3. The van der Waals surface area contributed by atoms with Crippen molar-refractivity contribution in [1.82, 2.24) is 20.6 Å². The third-order valence-electron chi connectivity index (χ3n) is 6.10. The fourth-order valence-corrected chi connectivity index (χ4v) is 4.34. The van der Waals surface area contributed by atoms with Crippen molar-refractivity contribution in [3.63, 3.8) is 0 Å². The van der Waals surface area contributed by atoms with Gasteiger partial charge in [0.05, 0.1) is 37.6 Å². The number of nitrogens with zero attached hydrogens (tertiary/aromatic N) is 3. The number of methoxy groups -OCH3 is 1. The molecule has 12 heteroatoms. The summed E-state index contributed by atoms with van der Waals surface area (Å²) in [4.78, 5) is 37.1. The van der Waals surface area contributed by atoms with Crippen LogP contribution in [0.25, 0.3) is 10.9 Å². The molecule has 206 valence electrons. The van der Waals surface area contributed by atoms with E-state index < -0.39 is 23.9 Å². The Kier molecular flexibility index (Phi) is 8.65. The zero-order chi connectivity index (χ0) is 28.6. The van der Waals surface area contributed by atoms with Gasteiger partial charge in [0.25, 0.3) is 5.91 Å². The minimum absolute atomic E-state index is 0.184. The standard InChI is InChI=1S/C28H28N6O6/c1-4-39-27(36)25-17(2)31-28(37)32-26(25)18-9-10-22(23(13-18)38-3)40-16-24(35)33-30-14-19-15-34(12-11-29)21-8-6-5-7-20(19)21/h5-10,13-15,26H,4,12,16H2,1-3H3,(H,33,35)(H2,31,32,37)/b30-14+/t26-/m0/s1. The molecule has 0 saturated carbocycles. The molecule has 2 aromatic carbocycles. The highest BCUT2D eigenvalue weighted by Gasteiger charge is 2.32. The van der Waals surface area contributed by atoms with Crippen LogP contribution in [0.15, 0.2) is 65.0 Å². The Balaban J connectivity index is 1.43. The van der Waals surface area contributed by atoms with E-state index in [1.54, 1.807) is 42.8 Å². The average Bonchev–Trinajstić information content (AvgIpc) is 3.29. The number of carbonyl (C=O) groups is 3. The quantitative estimate of drug-likeness (QED) is 0.201. The third kappa shape index (κ3) is 6.05. The highest BCUT2D eigenvalue weighted by Crippen LogP contribution is 2.34. The second kappa shape index (κ2) is 12.5. The van der Waals surface area contributed by atoms with Crippen LogP contribution in [0.5, 0.6) is 11.5 Å². The van der Waals surface area contributed by atoms with Crippen LogP contribution in [0.4, 0.5) is 4.79 Å². The number of hydrazone groups is 1. The van der Waals surface area contributed by atoms with E-state index in [9.17, 15) is 14.4 Å². The lowest BCUT2D eigenvalue weighted by atomic mass is 9.95. The summed E-state index contributed by atoms with van der Waals surface area (Å²) >= 11 is 0. The topological polar surface area (TPSA) is 156 Å². The van der Waals surface area contributed by atoms with Gasteiger partial charge in [-0.1, -0.05) is 24.3 Å². The number of hydrogen-bond acceptors (Lipinski definition) is 8. The predicted molar refractivity (Wildman–Crippen MR) is 146 cm³/mol. The SMILES string of the molecule is CCOC(=O)C1=C(C)NC(=O)N[C@H]1c1ccc(OCC(=O)N/N=C/c2cn(CC#N)c3ccccc23)c(OC)c1. The second-order valence-corrected chi connectivity index (χ2v) is 8.67. The third-order valence-corrected chi connectivity index (χ3v) is 6.10. The Morgan fingerprint density at radius 1 is 1.23 bits per heavy atom. The number of esters is 1. The molecule has 12 nitrogen and oxygen atoms in total. The molecule has 0 saturated heterocycles. The van der Waals surface area contributed by atoms with E-state index in [0.29, 0.717) is 17.0 Å². The summed E-state index contributed by atoms with van der Waals surface area (Å²) in [7, 11) is 1.44. The predicted octanol–water partition coefficient (Wildman–Crippen LogP) is 2.89. The van der Waals surface area contributed by atoms with Gasteiger partial charge in [-0.3, -0.25) is 4.79 Å². The van der Waals surface area contributed by atoms with Crippen LogP contribution in [0.2, 0.25) is 0 Å². The molecular formula is C28H28N6O6. The highest BCUT2D eigenvalue weighted by molar-refractivity contribution is 5.99. The largest absolute Gasteiger partial charge is 0.493 e. The number of nitriles is 1. The molecule has 0 radical (unpaired) electrons. The summed E-state index contributed by atoms with van der Waals surface area (Å²) < 4.78 is 18.0. The molecule has 1 aliphatic heterocycles. The van der Waals surface area contributed by atoms with Gasteiger partial charge in [-0.25, -0.2) is 15.0 Å². The van der Waals surface area contributed by atoms with Crippen molar-refractivity contribution < 1.29 is 28.6 Å². The molecule has 1 aromatic heterocycles. The fraction of sp³-hybridized carbons (Fsp3) is 0.250. The highest BCUT2D eigenvalue weighted by atomic mass is 16.5. The molecular weight excluding hydrogens is 516 g/mol. The van der Waals surface area contributed by atoms with E-state index in [1.165, 1.54) is 13.3 Å². The van der Waals surface area contributed by atoms with Crippen LogP contribution in [0.1, 0.15) is 31.0 Å². The number of rotatable bonds is 10. The lowest BCUT2D eigenvalue weighted by Crippen LogP contribution is -2.45. The summed E-state index contributed by atoms with van der Waals surface area (Å²) in [6.07, 6.45) is 3.30. The minimum Gasteiger partial charge on any atom is -0.493 e.